The zero-order chi connectivity index (χ0) is 19.2. The molecular formula is C15H19F3N2O3S2. The Morgan fingerprint density at radius 2 is 1.84 bits per heavy atom. The van der Waals surface area contributed by atoms with Gasteiger partial charge in [-0.15, -0.1) is 11.3 Å². The molecule has 0 atom stereocenters. The molecule has 0 bridgehead atoms. The molecule has 0 saturated carbocycles. The van der Waals surface area contributed by atoms with Crippen molar-refractivity contribution in [2.75, 3.05) is 0 Å². The summed E-state index contributed by atoms with van der Waals surface area (Å²) < 4.78 is 70.9. The second-order valence-electron chi connectivity index (χ2n) is 6.34. The third-order valence-corrected chi connectivity index (χ3v) is 6.83. The van der Waals surface area contributed by atoms with Crippen LogP contribution in [0, 0.1) is 13.8 Å². The number of hydrogen-bond donors (Lipinski definition) is 1. The van der Waals surface area contributed by atoms with E-state index in [2.05, 4.69) is 14.4 Å². The Kier molecular flexibility index (Phi) is 5.10. The lowest BCUT2D eigenvalue weighted by molar-refractivity contribution is -0.155. The Morgan fingerprint density at radius 1 is 1.24 bits per heavy atom. The minimum atomic E-state index is -4.69. The van der Waals surface area contributed by atoms with Gasteiger partial charge >= 0.3 is 6.18 Å². The highest BCUT2D eigenvalue weighted by Crippen LogP contribution is 2.40. The largest absolute Gasteiger partial charge is 0.452 e. The molecule has 5 nitrogen and oxygen atoms in total. The number of alkyl halides is 3. The van der Waals surface area contributed by atoms with Gasteiger partial charge in [0, 0.05) is 26.9 Å². The number of aromatic nitrogens is 1. The van der Waals surface area contributed by atoms with Crippen molar-refractivity contribution >= 4 is 21.4 Å². The zero-order valence-electron chi connectivity index (χ0n) is 14.4. The van der Waals surface area contributed by atoms with Crippen LogP contribution in [0.3, 0.4) is 0 Å². The third kappa shape index (κ3) is 4.06. The van der Waals surface area contributed by atoms with Crippen LogP contribution in [0.15, 0.2) is 15.5 Å². The second-order valence-corrected chi connectivity index (χ2v) is 9.38. The van der Waals surface area contributed by atoms with E-state index in [1.807, 2.05) is 6.92 Å². The Hall–Kier alpha value is -1.39. The third-order valence-electron chi connectivity index (χ3n) is 3.81. The van der Waals surface area contributed by atoms with Crippen molar-refractivity contribution in [2.24, 2.45) is 0 Å². The topological polar surface area (TPSA) is 72.2 Å². The molecule has 25 heavy (non-hydrogen) atoms. The van der Waals surface area contributed by atoms with E-state index in [1.54, 1.807) is 27.7 Å². The predicted molar refractivity (Wildman–Crippen MR) is 89.0 cm³/mol. The normalized spacial score (nSPS) is 13.4. The first-order chi connectivity index (χ1) is 11.3. The molecule has 2 aromatic heterocycles. The summed E-state index contributed by atoms with van der Waals surface area (Å²) in [5, 5.41) is 3.44. The maximum absolute atomic E-state index is 12.9. The maximum atomic E-state index is 12.9. The average Bonchev–Trinajstić information content (AvgIpc) is 3.01. The van der Waals surface area contributed by atoms with Crippen LogP contribution in [0.2, 0.25) is 0 Å². The van der Waals surface area contributed by atoms with Gasteiger partial charge in [-0.3, -0.25) is 0 Å². The van der Waals surface area contributed by atoms with Gasteiger partial charge in [-0.05, 0) is 34.1 Å². The molecule has 0 radical (unpaired) electrons. The number of thiophene rings is 1. The van der Waals surface area contributed by atoms with Gasteiger partial charge < -0.3 is 4.52 Å². The van der Waals surface area contributed by atoms with Gasteiger partial charge in [-0.2, -0.15) is 13.2 Å². The molecule has 0 aliphatic carbocycles. The quantitative estimate of drug-likeness (QED) is 0.807. The van der Waals surface area contributed by atoms with E-state index in [4.69, 9.17) is 0 Å². The van der Waals surface area contributed by atoms with Crippen LogP contribution >= 0.6 is 11.3 Å². The van der Waals surface area contributed by atoms with Gasteiger partial charge in [0.25, 0.3) is 0 Å². The monoisotopic (exact) mass is 396 g/mol. The number of sulfonamides is 1. The molecule has 10 heteroatoms. The average molecular weight is 396 g/mol. The molecule has 2 heterocycles. The summed E-state index contributed by atoms with van der Waals surface area (Å²) in [6.07, 6.45) is -4.14. The van der Waals surface area contributed by atoms with Crippen molar-refractivity contribution in [1.82, 2.24) is 9.88 Å². The molecule has 0 saturated heterocycles. The number of hydrogen-bond acceptors (Lipinski definition) is 5. The molecule has 0 amide bonds. The molecule has 140 valence electrons. The van der Waals surface area contributed by atoms with Crippen molar-refractivity contribution in [3.05, 3.63) is 21.6 Å². The van der Waals surface area contributed by atoms with Gasteiger partial charge in [0.2, 0.25) is 15.8 Å². The highest BCUT2D eigenvalue weighted by molar-refractivity contribution is 7.90. The first-order valence-corrected chi connectivity index (χ1v) is 9.76. The molecule has 0 aliphatic rings. The van der Waals surface area contributed by atoms with Crippen LogP contribution in [-0.2, 0) is 16.2 Å². The van der Waals surface area contributed by atoms with Gasteiger partial charge in [0.1, 0.15) is 10.6 Å². The molecule has 0 aromatic carbocycles. The highest BCUT2D eigenvalue weighted by Gasteiger charge is 2.38. The first-order valence-electron chi connectivity index (χ1n) is 7.47. The summed E-state index contributed by atoms with van der Waals surface area (Å²) in [6, 6.07) is 0.721. The summed E-state index contributed by atoms with van der Waals surface area (Å²) in [7, 11) is -3.95. The lowest BCUT2D eigenvalue weighted by Crippen LogP contribution is -2.42. The smallest absolute Gasteiger partial charge is 0.351 e. The number of nitrogens with zero attached hydrogens (tertiary/aromatic N) is 1. The summed E-state index contributed by atoms with van der Waals surface area (Å²) in [4.78, 5) is 0.969. The zero-order valence-corrected chi connectivity index (χ0v) is 16.0. The fourth-order valence-electron chi connectivity index (χ4n) is 2.30. The molecule has 2 aromatic rings. The van der Waals surface area contributed by atoms with Gasteiger partial charge in [-0.1, -0.05) is 12.1 Å². The summed E-state index contributed by atoms with van der Waals surface area (Å²) in [5.74, 6) is -1.27. The molecule has 0 unspecified atom stereocenters. The van der Waals surface area contributed by atoms with Gasteiger partial charge in [0.05, 0.1) is 0 Å². The van der Waals surface area contributed by atoms with E-state index in [9.17, 15) is 21.6 Å². The van der Waals surface area contributed by atoms with Gasteiger partial charge in [0.15, 0.2) is 0 Å². The van der Waals surface area contributed by atoms with Crippen molar-refractivity contribution in [1.29, 1.82) is 0 Å². The van der Waals surface area contributed by atoms with E-state index in [0.29, 0.717) is 16.2 Å². The molecule has 0 spiro atoms. The highest BCUT2D eigenvalue weighted by atomic mass is 32.2. The van der Waals surface area contributed by atoms with Crippen LogP contribution in [-0.4, -0.2) is 19.1 Å². The van der Waals surface area contributed by atoms with Crippen molar-refractivity contribution in [3.63, 3.8) is 0 Å². The predicted octanol–water partition coefficient (Wildman–Crippen LogP) is 4.51. The molecule has 2 rings (SSSR count). The standard InChI is InChI=1S/C15H19F3N2O3S2/c1-6-14(4,5)20-25(21,22)13-9(3)24-8(2)12(13)10-7-11(23-19-10)15(16,17)18/h7,20H,6H2,1-5H3. The summed E-state index contributed by atoms with van der Waals surface area (Å²) >= 11 is 1.19. The fourth-order valence-corrected chi connectivity index (χ4v) is 5.66. The summed E-state index contributed by atoms with van der Waals surface area (Å²) in [6.45, 7) is 8.55. The van der Waals surface area contributed by atoms with Crippen LogP contribution in [0.5, 0.6) is 0 Å². The number of halogens is 3. The van der Waals surface area contributed by atoms with E-state index >= 15 is 0 Å². The van der Waals surface area contributed by atoms with Crippen molar-refractivity contribution in [2.45, 2.75) is 57.7 Å². The number of aryl methyl sites for hydroxylation is 2. The second kappa shape index (κ2) is 6.40. The van der Waals surface area contributed by atoms with Crippen LogP contribution < -0.4 is 4.72 Å². The number of nitrogens with one attached hydrogen (secondary N) is 1. The van der Waals surface area contributed by atoms with Crippen LogP contribution in [0.25, 0.3) is 11.3 Å². The Balaban J connectivity index is 2.61. The SMILES string of the molecule is CCC(C)(C)NS(=O)(=O)c1c(C)sc(C)c1-c1cc(C(F)(F)F)on1. The van der Waals surface area contributed by atoms with Crippen LogP contribution in [0.1, 0.15) is 42.7 Å². The van der Waals surface area contributed by atoms with E-state index < -0.39 is 27.5 Å². The van der Waals surface area contributed by atoms with E-state index in [1.165, 1.54) is 11.3 Å². The Morgan fingerprint density at radius 3 is 2.32 bits per heavy atom. The van der Waals surface area contributed by atoms with Gasteiger partial charge in [-0.25, -0.2) is 13.1 Å². The summed E-state index contributed by atoms with van der Waals surface area (Å²) in [5.41, 5.74) is -0.704. The molecular weight excluding hydrogens is 377 g/mol. The minimum absolute atomic E-state index is 0.0569. The van der Waals surface area contributed by atoms with Crippen molar-refractivity contribution in [3.8, 4) is 11.3 Å². The Bertz CT molecular complexity index is 880. The lowest BCUT2D eigenvalue weighted by atomic mass is 10.0. The van der Waals surface area contributed by atoms with Crippen molar-refractivity contribution < 1.29 is 26.1 Å². The van der Waals surface area contributed by atoms with E-state index in [0.717, 1.165) is 6.07 Å². The first kappa shape index (κ1) is 19.9. The molecule has 0 fully saturated rings. The lowest BCUT2D eigenvalue weighted by Gasteiger charge is -2.24. The maximum Gasteiger partial charge on any atom is 0.452 e. The Labute approximate surface area is 148 Å². The van der Waals surface area contributed by atoms with Crippen LogP contribution in [0.4, 0.5) is 13.2 Å². The molecule has 0 aliphatic heterocycles. The number of rotatable bonds is 5. The minimum Gasteiger partial charge on any atom is -0.351 e. The molecule has 1 N–H and O–H groups in total. The fraction of sp³-hybridized carbons (Fsp3) is 0.533. The van der Waals surface area contributed by atoms with E-state index in [-0.39, 0.29) is 16.2 Å².